The molecule has 0 aliphatic carbocycles. The predicted octanol–water partition coefficient (Wildman–Crippen LogP) is -2.91. The molecule has 0 saturated carbocycles. The number of hydrogen-bond acceptors (Lipinski definition) is 6. The maximum atomic E-state index is 9.24. The molecular weight excluding hydrogens is 350 g/mol. The van der Waals surface area contributed by atoms with Crippen LogP contribution in [0.4, 0.5) is 0 Å². The van der Waals surface area contributed by atoms with Crippen molar-refractivity contribution < 1.29 is 71.5 Å². The molecule has 0 radical (unpaired) electrons. The third-order valence-corrected chi connectivity index (χ3v) is 0.524. The third kappa shape index (κ3) is 68.3. The summed E-state index contributed by atoms with van der Waals surface area (Å²) in [5, 5.41) is 22.8. The van der Waals surface area contributed by atoms with Crippen molar-refractivity contribution in [3.05, 3.63) is 0 Å². The molecule has 94 valence electrons. The van der Waals surface area contributed by atoms with E-state index in [1.54, 1.807) is 0 Å². The summed E-state index contributed by atoms with van der Waals surface area (Å²) in [6, 6.07) is 0. The molecule has 0 fully saturated rings. The molecule has 0 aliphatic rings. The van der Waals surface area contributed by atoms with Gasteiger partial charge in [-0.2, -0.15) is 0 Å². The topological polar surface area (TPSA) is 190 Å². The van der Waals surface area contributed by atoms with Crippen molar-refractivity contribution in [2.75, 3.05) is 19.6 Å². The summed E-state index contributed by atoms with van der Waals surface area (Å²) in [4.78, 5) is 27.7. The minimum atomic E-state index is -0.968. The van der Waals surface area contributed by atoms with E-state index in [0.717, 1.165) is 0 Å². The fraction of sp³-hybridized carbons (Fsp3) is 0.500. The number of carboxylic acid groups (broad SMARTS) is 3. The zero-order chi connectivity index (χ0) is 12.9. The van der Waals surface area contributed by atoms with Gasteiger partial charge in [0.05, 0.1) is 19.6 Å². The van der Waals surface area contributed by atoms with Gasteiger partial charge in [0.1, 0.15) is 0 Å². The van der Waals surface area contributed by atoms with Crippen LogP contribution in [-0.2, 0) is 14.4 Å². The molecule has 0 unspecified atom stereocenters. The zero-order valence-electron chi connectivity index (χ0n) is 8.42. The molecule has 0 bridgehead atoms. The first-order valence-corrected chi connectivity index (χ1v) is 3.57. The van der Waals surface area contributed by atoms with E-state index in [2.05, 4.69) is 17.2 Å². The Morgan fingerprint density at radius 1 is 0.688 bits per heavy atom. The van der Waals surface area contributed by atoms with Crippen molar-refractivity contribution >= 4 is 17.9 Å². The van der Waals surface area contributed by atoms with E-state index in [1.165, 1.54) is 0 Å². The van der Waals surface area contributed by atoms with Gasteiger partial charge in [-0.1, -0.05) is 0 Å². The first kappa shape index (κ1) is 24.8. The van der Waals surface area contributed by atoms with Crippen LogP contribution in [0.1, 0.15) is 0 Å². The number of aliphatic carboxylic acids is 3. The third-order valence-electron chi connectivity index (χ3n) is 0.524. The fourth-order valence-electron chi connectivity index (χ4n) is 0. The average molecular weight is 365 g/mol. The fourth-order valence-corrected chi connectivity index (χ4v) is 0. The van der Waals surface area contributed by atoms with Crippen LogP contribution in [0.15, 0.2) is 0 Å². The Bertz CT molecular complexity index is 167. The van der Waals surface area contributed by atoms with Crippen LogP contribution in [0.2, 0.25) is 0 Å². The second-order valence-electron chi connectivity index (χ2n) is 1.79. The predicted molar refractivity (Wildman–Crippen MR) is 50.1 cm³/mol. The average Bonchev–Trinajstić information content (AvgIpc) is 2.19. The Morgan fingerprint density at radius 2 is 0.750 bits per heavy atom. The van der Waals surface area contributed by atoms with Gasteiger partial charge in [0, 0.05) is 41.7 Å². The Hall–Kier alpha value is -0.333. The van der Waals surface area contributed by atoms with E-state index in [1.807, 2.05) is 0 Å². The van der Waals surface area contributed by atoms with E-state index >= 15 is 0 Å². The first-order chi connectivity index (χ1) is 6.81. The minimum absolute atomic E-state index is 0. The summed E-state index contributed by atoms with van der Waals surface area (Å²) in [5.74, 6) is -2.90. The van der Waals surface area contributed by atoms with Gasteiger partial charge in [0.15, 0.2) is 0 Å². The standard InChI is InChI=1S/3C2H5NO2.Ce/c3*3-1-2(4)5;/h3*1,3H2,(H,4,5);. The van der Waals surface area contributed by atoms with Crippen LogP contribution in [0.3, 0.4) is 0 Å². The van der Waals surface area contributed by atoms with Gasteiger partial charge in [-0.25, -0.2) is 0 Å². The molecule has 0 spiro atoms. The molecule has 0 saturated heterocycles. The molecule has 0 heterocycles. The Balaban J connectivity index is -0.0000000655. The van der Waals surface area contributed by atoms with Crippen molar-refractivity contribution in [3.8, 4) is 0 Å². The number of nitrogens with two attached hydrogens (primary N) is 3. The minimum Gasteiger partial charge on any atom is -0.480 e. The monoisotopic (exact) mass is 365 g/mol. The zero-order valence-corrected chi connectivity index (χ0v) is 11.6. The van der Waals surface area contributed by atoms with Gasteiger partial charge in [0.2, 0.25) is 0 Å². The maximum absolute atomic E-state index is 9.24. The quantitative estimate of drug-likeness (QED) is 0.304. The Labute approximate surface area is 125 Å². The van der Waals surface area contributed by atoms with Crippen LogP contribution >= 0.6 is 0 Å². The van der Waals surface area contributed by atoms with Crippen LogP contribution in [0.25, 0.3) is 0 Å². The van der Waals surface area contributed by atoms with Gasteiger partial charge < -0.3 is 32.5 Å². The summed E-state index contributed by atoms with van der Waals surface area (Å²) in [5.41, 5.74) is 13.7. The van der Waals surface area contributed by atoms with Gasteiger partial charge in [0.25, 0.3) is 0 Å². The van der Waals surface area contributed by atoms with Crippen LogP contribution < -0.4 is 17.2 Å². The Morgan fingerprint density at radius 3 is 0.750 bits per heavy atom. The molecule has 0 aliphatic heterocycles. The molecule has 0 aromatic heterocycles. The maximum Gasteiger partial charge on any atom is 0.317 e. The van der Waals surface area contributed by atoms with Crippen LogP contribution in [0.5, 0.6) is 0 Å². The number of carbonyl (C=O) groups is 3. The summed E-state index contributed by atoms with van der Waals surface area (Å²) >= 11 is 0. The number of carboxylic acids is 3. The molecule has 9 N–H and O–H groups in total. The molecule has 0 rings (SSSR count). The van der Waals surface area contributed by atoms with Crippen molar-refractivity contribution in [2.45, 2.75) is 0 Å². The summed E-state index contributed by atoms with van der Waals surface area (Å²) in [6.07, 6.45) is 0. The van der Waals surface area contributed by atoms with Gasteiger partial charge in [-0.15, -0.1) is 0 Å². The molecule has 9 nitrogen and oxygen atoms in total. The molecule has 10 heteroatoms. The first-order valence-electron chi connectivity index (χ1n) is 3.57. The van der Waals surface area contributed by atoms with Crippen LogP contribution in [-0.4, -0.2) is 52.9 Å². The van der Waals surface area contributed by atoms with Crippen molar-refractivity contribution in [1.29, 1.82) is 0 Å². The van der Waals surface area contributed by atoms with E-state index < -0.39 is 17.9 Å². The normalized spacial score (nSPS) is 6.94. The number of hydrogen-bond donors (Lipinski definition) is 6. The SMILES string of the molecule is NCC(=O)O.NCC(=O)O.NCC(=O)O.[Ce]. The molecular formula is C6H15CeN3O6. The second kappa shape index (κ2) is 20.1. The van der Waals surface area contributed by atoms with Crippen molar-refractivity contribution in [3.63, 3.8) is 0 Å². The Kier molecular flexibility index (Phi) is 31.1. The molecule has 16 heavy (non-hydrogen) atoms. The van der Waals surface area contributed by atoms with E-state index in [0.29, 0.717) is 0 Å². The number of rotatable bonds is 3. The van der Waals surface area contributed by atoms with E-state index in [9.17, 15) is 14.4 Å². The molecule has 0 aromatic carbocycles. The van der Waals surface area contributed by atoms with Gasteiger partial charge >= 0.3 is 17.9 Å². The molecule has 0 atom stereocenters. The van der Waals surface area contributed by atoms with Gasteiger partial charge in [-0.3, -0.25) is 14.4 Å². The summed E-state index contributed by atoms with van der Waals surface area (Å²) in [7, 11) is 0. The van der Waals surface area contributed by atoms with Crippen molar-refractivity contribution in [2.24, 2.45) is 17.2 Å². The second-order valence-corrected chi connectivity index (χ2v) is 1.79. The molecule has 0 aromatic rings. The van der Waals surface area contributed by atoms with Crippen molar-refractivity contribution in [1.82, 2.24) is 0 Å². The largest absolute Gasteiger partial charge is 0.480 e. The smallest absolute Gasteiger partial charge is 0.317 e. The van der Waals surface area contributed by atoms with Gasteiger partial charge in [-0.05, 0) is 0 Å². The van der Waals surface area contributed by atoms with E-state index in [-0.39, 0.29) is 61.4 Å². The van der Waals surface area contributed by atoms with E-state index in [4.69, 9.17) is 15.3 Å². The molecule has 0 amide bonds. The summed E-state index contributed by atoms with van der Waals surface area (Å²) in [6.45, 7) is -0.833. The summed E-state index contributed by atoms with van der Waals surface area (Å²) < 4.78 is 0. The van der Waals surface area contributed by atoms with Crippen LogP contribution in [0, 0.1) is 41.7 Å².